The van der Waals surface area contributed by atoms with Crippen LogP contribution < -0.4 is 10.1 Å². The van der Waals surface area contributed by atoms with Crippen LogP contribution in [-0.2, 0) is 4.79 Å². The monoisotopic (exact) mass is 443 g/mol. The molecule has 2 N–H and O–H groups in total. The lowest BCUT2D eigenvalue weighted by Gasteiger charge is -2.22. The number of benzene rings is 1. The molecule has 2 aliphatic rings. The molecule has 4 rings (SSSR count). The van der Waals surface area contributed by atoms with E-state index >= 15 is 0 Å². The molecule has 0 radical (unpaired) electrons. The van der Waals surface area contributed by atoms with Crippen molar-refractivity contribution in [3.63, 3.8) is 0 Å². The number of halogens is 1. The van der Waals surface area contributed by atoms with Crippen LogP contribution in [0.25, 0.3) is 11.4 Å². The van der Waals surface area contributed by atoms with Crippen molar-refractivity contribution in [2.45, 2.75) is 57.6 Å². The molecule has 0 aliphatic heterocycles. The molecule has 0 amide bonds. The molecule has 164 valence electrons. The summed E-state index contributed by atoms with van der Waals surface area (Å²) in [6, 6.07) is 5.42. The Kier molecular flexibility index (Phi) is 6.32. The summed E-state index contributed by atoms with van der Waals surface area (Å²) in [6.45, 7) is 3.89. The van der Waals surface area contributed by atoms with Gasteiger partial charge in [0.15, 0.2) is 0 Å². The molecular weight excluding hydrogens is 418 g/mol. The summed E-state index contributed by atoms with van der Waals surface area (Å²) >= 11 is 6.32. The SMILES string of the molecule is CC(C)Oc1ccc(-c2noc(C3C=CC(N[C@H]4CCC[C@@H]4C(=O)O)=CC3)n2)cc1Cl. The first kappa shape index (κ1) is 21.4. The molecule has 31 heavy (non-hydrogen) atoms. The maximum Gasteiger partial charge on any atom is 0.308 e. The molecular formula is C23H26ClN3O4. The minimum Gasteiger partial charge on any atom is -0.489 e. The standard InChI is InChI=1S/C23H26ClN3O4/c1-13(2)30-20-11-8-15(12-18(20)24)21-26-22(31-27-21)14-6-9-16(10-7-14)25-19-5-3-4-17(19)23(28)29/h6,8-14,17,19,25H,3-5,7H2,1-2H3,(H,28,29)/t14?,17-,19-/m0/s1. The number of carbonyl (C=O) groups is 1. The largest absolute Gasteiger partial charge is 0.489 e. The van der Waals surface area contributed by atoms with Crippen molar-refractivity contribution in [2.24, 2.45) is 5.92 Å². The maximum atomic E-state index is 11.4. The fourth-order valence-electron chi connectivity index (χ4n) is 4.05. The highest BCUT2D eigenvalue weighted by Crippen LogP contribution is 2.32. The Labute approximate surface area is 186 Å². The van der Waals surface area contributed by atoms with E-state index in [-0.39, 0.29) is 24.0 Å². The molecule has 0 spiro atoms. The summed E-state index contributed by atoms with van der Waals surface area (Å²) < 4.78 is 11.2. The lowest BCUT2D eigenvalue weighted by molar-refractivity contribution is -0.142. The van der Waals surface area contributed by atoms with Crippen LogP contribution >= 0.6 is 11.6 Å². The Morgan fingerprint density at radius 1 is 1.35 bits per heavy atom. The Morgan fingerprint density at radius 2 is 2.19 bits per heavy atom. The average Bonchev–Trinajstić information content (AvgIpc) is 3.40. The van der Waals surface area contributed by atoms with Crippen molar-refractivity contribution in [3.8, 4) is 17.1 Å². The lowest BCUT2D eigenvalue weighted by atomic mass is 9.98. The summed E-state index contributed by atoms with van der Waals surface area (Å²) in [5.74, 6) is 0.556. The number of aromatic nitrogens is 2. The van der Waals surface area contributed by atoms with Gasteiger partial charge in [0.2, 0.25) is 11.7 Å². The summed E-state index contributed by atoms with van der Waals surface area (Å²) in [5, 5.41) is 17.3. The predicted octanol–water partition coefficient (Wildman–Crippen LogP) is 4.95. The number of allylic oxidation sites excluding steroid dienone is 3. The van der Waals surface area contributed by atoms with E-state index in [2.05, 4.69) is 21.5 Å². The highest BCUT2D eigenvalue weighted by Gasteiger charge is 2.33. The normalized spacial score (nSPS) is 23.1. The average molecular weight is 444 g/mol. The van der Waals surface area contributed by atoms with Gasteiger partial charge in [0.1, 0.15) is 5.75 Å². The topological polar surface area (TPSA) is 97.5 Å². The van der Waals surface area contributed by atoms with Crippen molar-refractivity contribution >= 4 is 17.6 Å². The van der Waals surface area contributed by atoms with E-state index < -0.39 is 5.97 Å². The van der Waals surface area contributed by atoms with Crippen LogP contribution in [0, 0.1) is 5.92 Å². The van der Waals surface area contributed by atoms with Gasteiger partial charge in [-0.15, -0.1) is 0 Å². The smallest absolute Gasteiger partial charge is 0.308 e. The number of nitrogens with one attached hydrogen (secondary N) is 1. The van der Waals surface area contributed by atoms with Gasteiger partial charge in [-0.25, -0.2) is 0 Å². The number of hydrogen-bond acceptors (Lipinski definition) is 6. The highest BCUT2D eigenvalue weighted by molar-refractivity contribution is 6.32. The molecule has 3 atom stereocenters. The van der Waals surface area contributed by atoms with Crippen LogP contribution in [0.2, 0.25) is 5.02 Å². The molecule has 1 heterocycles. The number of ether oxygens (including phenoxy) is 1. The first-order valence-corrected chi connectivity index (χ1v) is 11.0. The van der Waals surface area contributed by atoms with Crippen LogP contribution in [0.1, 0.15) is 51.3 Å². The Hall–Kier alpha value is -2.80. The predicted molar refractivity (Wildman–Crippen MR) is 117 cm³/mol. The summed E-state index contributed by atoms with van der Waals surface area (Å²) in [6.07, 6.45) is 9.31. The van der Waals surface area contributed by atoms with Gasteiger partial charge in [-0.2, -0.15) is 4.98 Å². The van der Waals surface area contributed by atoms with Crippen LogP contribution in [-0.4, -0.2) is 33.4 Å². The van der Waals surface area contributed by atoms with Crippen LogP contribution in [0.15, 0.2) is 46.6 Å². The number of rotatable bonds is 7. The highest BCUT2D eigenvalue weighted by atomic mass is 35.5. The molecule has 8 heteroatoms. The van der Waals surface area contributed by atoms with Gasteiger partial charge in [-0.3, -0.25) is 4.79 Å². The molecule has 0 saturated heterocycles. The zero-order valence-corrected chi connectivity index (χ0v) is 18.3. The lowest BCUT2D eigenvalue weighted by Crippen LogP contribution is -2.35. The third-order valence-corrected chi connectivity index (χ3v) is 5.89. The third kappa shape index (κ3) is 4.93. The van der Waals surface area contributed by atoms with E-state index in [1.165, 1.54) is 0 Å². The Morgan fingerprint density at radius 3 is 2.87 bits per heavy atom. The van der Waals surface area contributed by atoms with E-state index in [9.17, 15) is 9.90 Å². The number of carboxylic acids is 1. The zero-order chi connectivity index (χ0) is 22.0. The second kappa shape index (κ2) is 9.14. The molecule has 2 aliphatic carbocycles. The molecule has 1 saturated carbocycles. The fourth-order valence-corrected chi connectivity index (χ4v) is 4.27. The number of nitrogens with zero attached hydrogens (tertiary/aromatic N) is 2. The van der Waals surface area contributed by atoms with E-state index in [1.54, 1.807) is 6.07 Å². The van der Waals surface area contributed by atoms with Gasteiger partial charge in [0.25, 0.3) is 0 Å². The molecule has 7 nitrogen and oxygen atoms in total. The molecule has 1 aromatic heterocycles. The molecule has 0 bridgehead atoms. The van der Waals surface area contributed by atoms with Crippen molar-refractivity contribution in [1.29, 1.82) is 0 Å². The van der Waals surface area contributed by atoms with Crippen LogP contribution in [0.3, 0.4) is 0 Å². The van der Waals surface area contributed by atoms with Crippen LogP contribution in [0.5, 0.6) is 5.75 Å². The second-order valence-electron chi connectivity index (χ2n) is 8.26. The zero-order valence-electron chi connectivity index (χ0n) is 17.5. The minimum absolute atomic E-state index is 0.0210. The quantitative estimate of drug-likeness (QED) is 0.624. The number of hydrogen-bond donors (Lipinski definition) is 2. The third-order valence-electron chi connectivity index (χ3n) is 5.60. The van der Waals surface area contributed by atoms with E-state index in [0.29, 0.717) is 28.9 Å². The van der Waals surface area contributed by atoms with Gasteiger partial charge in [-0.1, -0.05) is 35.3 Å². The van der Waals surface area contributed by atoms with Crippen molar-refractivity contribution in [1.82, 2.24) is 15.5 Å². The van der Waals surface area contributed by atoms with E-state index in [0.717, 1.165) is 30.5 Å². The van der Waals surface area contributed by atoms with Crippen molar-refractivity contribution < 1.29 is 19.2 Å². The minimum atomic E-state index is -0.726. The van der Waals surface area contributed by atoms with Gasteiger partial charge in [0, 0.05) is 17.3 Å². The molecule has 1 fully saturated rings. The van der Waals surface area contributed by atoms with Gasteiger partial charge in [0.05, 0.1) is 23.0 Å². The summed E-state index contributed by atoms with van der Waals surface area (Å²) in [4.78, 5) is 15.9. The van der Waals surface area contributed by atoms with Crippen molar-refractivity contribution in [3.05, 3.63) is 53.0 Å². The summed E-state index contributed by atoms with van der Waals surface area (Å²) in [7, 11) is 0. The van der Waals surface area contributed by atoms with Crippen LogP contribution in [0.4, 0.5) is 0 Å². The van der Waals surface area contributed by atoms with Gasteiger partial charge in [-0.05, 0) is 57.4 Å². The van der Waals surface area contributed by atoms with Crippen molar-refractivity contribution in [2.75, 3.05) is 0 Å². The Balaban J connectivity index is 1.40. The first-order chi connectivity index (χ1) is 14.9. The van der Waals surface area contributed by atoms with E-state index in [4.69, 9.17) is 20.9 Å². The Bertz CT molecular complexity index is 1010. The summed E-state index contributed by atoms with van der Waals surface area (Å²) in [5.41, 5.74) is 1.71. The van der Waals surface area contributed by atoms with E-state index in [1.807, 2.05) is 38.1 Å². The molecule has 2 aromatic rings. The first-order valence-electron chi connectivity index (χ1n) is 10.6. The van der Waals surface area contributed by atoms with Gasteiger partial charge >= 0.3 is 5.97 Å². The molecule has 1 unspecified atom stereocenters. The number of aliphatic carboxylic acids is 1. The van der Waals surface area contributed by atoms with Gasteiger partial charge < -0.3 is 19.7 Å². The second-order valence-corrected chi connectivity index (χ2v) is 8.66. The number of carboxylic acid groups (broad SMARTS) is 1. The molecule has 1 aromatic carbocycles. The maximum absolute atomic E-state index is 11.4. The fraction of sp³-hybridized carbons (Fsp3) is 0.435.